The lowest BCUT2D eigenvalue weighted by Crippen LogP contribution is -2.14. The van der Waals surface area contributed by atoms with E-state index in [1.54, 1.807) is 18.2 Å². The molecule has 0 spiro atoms. The second-order valence-electron chi connectivity index (χ2n) is 4.81. The Hall–Kier alpha value is -2.73. The molecule has 3 rings (SSSR count). The molecule has 0 aromatic heterocycles. The number of nitro benzene ring substituents is 1. The van der Waals surface area contributed by atoms with Gasteiger partial charge in [-0.3, -0.25) is 14.9 Å². The number of hydrogen-bond donors (Lipinski definition) is 1. The molecule has 0 bridgehead atoms. The molecule has 1 aliphatic heterocycles. The van der Waals surface area contributed by atoms with E-state index in [0.717, 1.165) is 5.56 Å². The second kappa shape index (κ2) is 5.23. The molecule has 0 atom stereocenters. The number of non-ortho nitro benzene ring substituents is 1. The molecule has 1 amide bonds. The molecule has 2 aromatic carbocycles. The maximum absolute atomic E-state index is 12.1. The van der Waals surface area contributed by atoms with E-state index in [9.17, 15) is 14.9 Å². The minimum absolute atomic E-state index is 0.0872. The number of carbonyl (C=O) groups is 1. The molecule has 7 heteroatoms. The van der Waals surface area contributed by atoms with Crippen molar-refractivity contribution in [1.29, 1.82) is 0 Å². The lowest BCUT2D eigenvalue weighted by atomic mass is 10.1. The number of aryl methyl sites for hydroxylation is 1. The fourth-order valence-electron chi connectivity index (χ4n) is 2.27. The molecule has 1 heterocycles. The number of carbonyl (C=O) groups excluding carboxylic acids is 1. The number of nitrogens with zero attached hydrogens (tertiary/aromatic N) is 2. The molecule has 110 valence electrons. The van der Waals surface area contributed by atoms with Gasteiger partial charge in [0.05, 0.1) is 21.3 Å². The van der Waals surface area contributed by atoms with Crippen LogP contribution in [0.25, 0.3) is 0 Å². The average Bonchev–Trinajstić information content (AvgIpc) is 2.82. The van der Waals surface area contributed by atoms with Crippen LogP contribution in [-0.2, 0) is 4.79 Å². The van der Waals surface area contributed by atoms with Crippen LogP contribution in [0.15, 0.2) is 41.4 Å². The summed E-state index contributed by atoms with van der Waals surface area (Å²) in [4.78, 5) is 26.7. The van der Waals surface area contributed by atoms with E-state index in [-0.39, 0.29) is 17.3 Å². The Morgan fingerprint density at radius 3 is 2.77 bits per heavy atom. The highest BCUT2D eigenvalue weighted by Gasteiger charge is 2.29. The van der Waals surface area contributed by atoms with E-state index in [4.69, 9.17) is 11.6 Å². The monoisotopic (exact) mass is 315 g/mol. The van der Waals surface area contributed by atoms with Gasteiger partial charge in [0.25, 0.3) is 11.6 Å². The van der Waals surface area contributed by atoms with E-state index >= 15 is 0 Å². The van der Waals surface area contributed by atoms with Crippen molar-refractivity contribution in [2.45, 2.75) is 6.92 Å². The summed E-state index contributed by atoms with van der Waals surface area (Å²) in [5.74, 6) is -0.377. The third-order valence-corrected chi connectivity index (χ3v) is 3.65. The van der Waals surface area contributed by atoms with Gasteiger partial charge in [0.2, 0.25) is 0 Å². The van der Waals surface area contributed by atoms with Crippen LogP contribution < -0.4 is 5.32 Å². The molecular formula is C15H10ClN3O3. The second-order valence-corrected chi connectivity index (χ2v) is 5.21. The third kappa shape index (κ3) is 2.33. The van der Waals surface area contributed by atoms with Gasteiger partial charge in [-0.15, -0.1) is 0 Å². The van der Waals surface area contributed by atoms with Gasteiger partial charge >= 0.3 is 0 Å². The van der Waals surface area contributed by atoms with Gasteiger partial charge in [-0.2, -0.15) is 0 Å². The van der Waals surface area contributed by atoms with E-state index in [0.29, 0.717) is 22.0 Å². The predicted molar refractivity (Wildman–Crippen MR) is 84.1 cm³/mol. The van der Waals surface area contributed by atoms with Crippen molar-refractivity contribution in [1.82, 2.24) is 0 Å². The van der Waals surface area contributed by atoms with E-state index in [2.05, 4.69) is 10.3 Å². The normalized spacial score (nSPS) is 14.8. The minimum atomic E-state index is -0.510. The van der Waals surface area contributed by atoms with Crippen LogP contribution in [0.5, 0.6) is 0 Å². The maximum atomic E-state index is 12.1. The van der Waals surface area contributed by atoms with Crippen LogP contribution in [0.1, 0.15) is 11.1 Å². The number of benzene rings is 2. The Labute approximate surface area is 130 Å². The van der Waals surface area contributed by atoms with Crippen LogP contribution in [0.3, 0.4) is 0 Å². The molecule has 0 fully saturated rings. The summed E-state index contributed by atoms with van der Waals surface area (Å²) in [6, 6.07) is 9.28. The van der Waals surface area contributed by atoms with Crippen LogP contribution in [0.4, 0.5) is 17.1 Å². The smallest absolute Gasteiger partial charge is 0.275 e. The van der Waals surface area contributed by atoms with Crippen molar-refractivity contribution < 1.29 is 9.72 Å². The third-order valence-electron chi connectivity index (χ3n) is 3.33. The van der Waals surface area contributed by atoms with Crippen LogP contribution in [-0.4, -0.2) is 16.5 Å². The molecule has 0 unspecified atom stereocenters. The minimum Gasteiger partial charge on any atom is -0.320 e. The maximum Gasteiger partial charge on any atom is 0.275 e. The average molecular weight is 316 g/mol. The van der Waals surface area contributed by atoms with Gasteiger partial charge in [0.15, 0.2) is 0 Å². The first-order valence-corrected chi connectivity index (χ1v) is 6.79. The molecular weight excluding hydrogens is 306 g/mol. The van der Waals surface area contributed by atoms with Crippen molar-refractivity contribution in [2.75, 3.05) is 5.32 Å². The summed E-state index contributed by atoms with van der Waals surface area (Å²) in [6.45, 7) is 1.85. The molecule has 22 heavy (non-hydrogen) atoms. The number of fused-ring (bicyclic) bond motifs is 1. The van der Waals surface area contributed by atoms with Crippen molar-refractivity contribution in [3.63, 3.8) is 0 Å². The fraction of sp³-hybridized carbons (Fsp3) is 0.0667. The van der Waals surface area contributed by atoms with Gasteiger partial charge in [-0.05, 0) is 24.6 Å². The highest BCUT2D eigenvalue weighted by atomic mass is 35.5. The first kappa shape index (κ1) is 14.2. The number of aliphatic imine (C=N–C) groups is 1. The summed E-state index contributed by atoms with van der Waals surface area (Å²) >= 11 is 6.17. The van der Waals surface area contributed by atoms with Gasteiger partial charge in [-0.1, -0.05) is 23.7 Å². The van der Waals surface area contributed by atoms with Crippen molar-refractivity contribution >= 4 is 40.3 Å². The first-order valence-electron chi connectivity index (χ1n) is 6.41. The molecule has 6 nitrogen and oxygen atoms in total. The SMILES string of the molecule is Cc1ccc(Cl)c2c1NC(=O)C2=Nc1cccc([N+](=O)[O-])c1. The van der Waals surface area contributed by atoms with Crippen molar-refractivity contribution in [2.24, 2.45) is 4.99 Å². The number of halogens is 1. The number of nitrogens with one attached hydrogen (secondary N) is 1. The number of rotatable bonds is 2. The molecule has 0 radical (unpaired) electrons. The van der Waals surface area contributed by atoms with Crippen molar-refractivity contribution in [3.05, 3.63) is 62.7 Å². The zero-order valence-electron chi connectivity index (χ0n) is 11.5. The standard InChI is InChI=1S/C15H10ClN3O3/c1-8-5-6-11(16)12-13(8)18-15(20)14(12)17-9-3-2-4-10(7-9)19(21)22/h2-7H,1H3,(H,17,18,20). The summed E-state index contributed by atoms with van der Waals surface area (Å²) in [7, 11) is 0. The predicted octanol–water partition coefficient (Wildman–Crippen LogP) is 3.63. The van der Waals surface area contributed by atoms with Gasteiger partial charge in [-0.25, -0.2) is 4.99 Å². The quantitative estimate of drug-likeness (QED) is 0.678. The highest BCUT2D eigenvalue weighted by molar-refractivity contribution is 6.57. The zero-order chi connectivity index (χ0) is 15.9. The lowest BCUT2D eigenvalue weighted by Gasteiger charge is -2.04. The molecule has 0 saturated carbocycles. The molecule has 1 N–H and O–H groups in total. The Morgan fingerprint density at radius 2 is 2.05 bits per heavy atom. The topological polar surface area (TPSA) is 84.6 Å². The summed E-state index contributed by atoms with van der Waals surface area (Å²) in [5, 5.41) is 13.9. The number of amides is 1. The Balaban J connectivity index is 2.14. The van der Waals surface area contributed by atoms with Crippen LogP contribution in [0.2, 0.25) is 5.02 Å². The largest absolute Gasteiger partial charge is 0.320 e. The van der Waals surface area contributed by atoms with E-state index in [1.165, 1.54) is 18.2 Å². The fourth-order valence-corrected chi connectivity index (χ4v) is 2.52. The number of anilines is 1. The Bertz CT molecular complexity index is 846. The Kier molecular flexibility index (Phi) is 3.38. The number of nitro groups is 1. The number of hydrogen-bond acceptors (Lipinski definition) is 4. The van der Waals surface area contributed by atoms with Gasteiger partial charge in [0, 0.05) is 17.7 Å². The molecule has 0 saturated heterocycles. The van der Waals surface area contributed by atoms with Gasteiger partial charge < -0.3 is 5.32 Å². The summed E-state index contributed by atoms with van der Waals surface area (Å²) in [6.07, 6.45) is 0. The summed E-state index contributed by atoms with van der Waals surface area (Å²) in [5.41, 5.74) is 2.42. The van der Waals surface area contributed by atoms with E-state index in [1.807, 2.05) is 6.92 Å². The zero-order valence-corrected chi connectivity index (χ0v) is 12.2. The van der Waals surface area contributed by atoms with Crippen LogP contribution in [0, 0.1) is 17.0 Å². The molecule has 1 aliphatic rings. The summed E-state index contributed by atoms with van der Waals surface area (Å²) < 4.78 is 0. The van der Waals surface area contributed by atoms with E-state index < -0.39 is 4.92 Å². The van der Waals surface area contributed by atoms with Gasteiger partial charge in [0.1, 0.15) is 5.71 Å². The molecule has 2 aromatic rings. The Morgan fingerprint density at radius 1 is 1.27 bits per heavy atom. The molecule has 0 aliphatic carbocycles. The lowest BCUT2D eigenvalue weighted by molar-refractivity contribution is -0.384. The first-order chi connectivity index (χ1) is 10.5. The van der Waals surface area contributed by atoms with Crippen LogP contribution >= 0.6 is 11.6 Å². The highest BCUT2D eigenvalue weighted by Crippen LogP contribution is 2.34. The van der Waals surface area contributed by atoms with Crippen molar-refractivity contribution in [3.8, 4) is 0 Å².